The predicted octanol–water partition coefficient (Wildman–Crippen LogP) is 3.96. The number of benzene rings is 1. The second-order valence-corrected chi connectivity index (χ2v) is 6.40. The lowest BCUT2D eigenvalue weighted by atomic mass is 9.98. The molecule has 0 saturated carbocycles. The van der Waals surface area contributed by atoms with Gasteiger partial charge in [0.25, 0.3) is 0 Å². The fourth-order valence-electron chi connectivity index (χ4n) is 2.66. The van der Waals surface area contributed by atoms with Crippen molar-refractivity contribution in [2.45, 2.75) is 19.8 Å². The Morgan fingerprint density at radius 1 is 1.20 bits per heavy atom. The van der Waals surface area contributed by atoms with Crippen molar-refractivity contribution in [1.82, 2.24) is 4.98 Å². The molecule has 0 atom stereocenters. The Kier molecular flexibility index (Phi) is 3.94. The maximum absolute atomic E-state index is 5.40. The molecule has 0 amide bonds. The van der Waals surface area contributed by atoms with Gasteiger partial charge in [0.15, 0.2) is 0 Å². The summed E-state index contributed by atoms with van der Waals surface area (Å²) in [6.45, 7) is 7.85. The fourth-order valence-corrected chi connectivity index (χ4v) is 3.13. The van der Waals surface area contributed by atoms with Gasteiger partial charge in [0, 0.05) is 22.9 Å². The summed E-state index contributed by atoms with van der Waals surface area (Å²) in [4.78, 5) is 7.13. The summed E-state index contributed by atoms with van der Waals surface area (Å²) in [7, 11) is 0. The van der Waals surface area contributed by atoms with E-state index in [9.17, 15) is 0 Å². The van der Waals surface area contributed by atoms with Gasteiger partial charge in [-0.05, 0) is 35.7 Å². The number of anilines is 1. The third-order valence-electron chi connectivity index (χ3n) is 3.75. The molecule has 3 nitrogen and oxygen atoms in total. The molecule has 3 rings (SSSR count). The summed E-state index contributed by atoms with van der Waals surface area (Å²) < 4.78 is 6.50. The molecule has 0 radical (unpaired) electrons. The number of halogens is 1. The van der Waals surface area contributed by atoms with E-state index in [0.717, 1.165) is 42.1 Å². The van der Waals surface area contributed by atoms with Crippen molar-refractivity contribution in [1.29, 1.82) is 0 Å². The third-order valence-corrected chi connectivity index (χ3v) is 4.20. The largest absolute Gasteiger partial charge is 0.378 e. The summed E-state index contributed by atoms with van der Waals surface area (Å²) >= 11 is 3.60. The van der Waals surface area contributed by atoms with Gasteiger partial charge in [-0.3, -0.25) is 0 Å². The summed E-state index contributed by atoms with van der Waals surface area (Å²) in [5.41, 5.74) is 2.41. The molecule has 1 saturated heterocycles. The maximum atomic E-state index is 5.40. The van der Waals surface area contributed by atoms with E-state index in [4.69, 9.17) is 9.72 Å². The summed E-state index contributed by atoms with van der Waals surface area (Å²) in [6.07, 6.45) is 0. The molecule has 1 aromatic heterocycles. The lowest BCUT2D eigenvalue weighted by Crippen LogP contribution is -2.36. The lowest BCUT2D eigenvalue weighted by Gasteiger charge is -2.28. The molecule has 4 heteroatoms. The van der Waals surface area contributed by atoms with Crippen molar-refractivity contribution in [2.75, 3.05) is 31.2 Å². The highest BCUT2D eigenvalue weighted by molar-refractivity contribution is 9.10. The second-order valence-electron chi connectivity index (χ2n) is 5.49. The van der Waals surface area contributed by atoms with E-state index in [1.165, 1.54) is 10.9 Å². The van der Waals surface area contributed by atoms with E-state index >= 15 is 0 Å². The number of hydrogen-bond acceptors (Lipinski definition) is 3. The number of nitrogens with zero attached hydrogens (tertiary/aromatic N) is 2. The van der Waals surface area contributed by atoms with E-state index in [2.05, 4.69) is 58.9 Å². The number of ether oxygens (including phenoxy) is 1. The summed E-state index contributed by atoms with van der Waals surface area (Å²) in [5.74, 6) is 1.54. The van der Waals surface area contributed by atoms with Crippen LogP contribution < -0.4 is 4.90 Å². The zero-order valence-electron chi connectivity index (χ0n) is 11.9. The second kappa shape index (κ2) is 5.70. The number of fused-ring (bicyclic) bond motifs is 1. The van der Waals surface area contributed by atoms with Crippen LogP contribution in [0.25, 0.3) is 10.9 Å². The summed E-state index contributed by atoms with van der Waals surface area (Å²) in [6, 6.07) is 8.64. The van der Waals surface area contributed by atoms with Crippen LogP contribution in [-0.4, -0.2) is 31.3 Å². The minimum Gasteiger partial charge on any atom is -0.378 e. The minimum atomic E-state index is 0.492. The van der Waals surface area contributed by atoms with Crippen molar-refractivity contribution in [2.24, 2.45) is 0 Å². The molecule has 2 aromatic rings. The van der Waals surface area contributed by atoms with Gasteiger partial charge in [0.05, 0.1) is 18.7 Å². The Morgan fingerprint density at radius 3 is 2.65 bits per heavy atom. The van der Waals surface area contributed by atoms with E-state index in [1.807, 2.05) is 0 Å². The van der Waals surface area contributed by atoms with Crippen LogP contribution in [0.2, 0.25) is 0 Å². The zero-order chi connectivity index (χ0) is 14.1. The van der Waals surface area contributed by atoms with Gasteiger partial charge in [-0.15, -0.1) is 0 Å². The number of hydrogen-bond donors (Lipinski definition) is 0. The van der Waals surface area contributed by atoms with Crippen molar-refractivity contribution in [3.8, 4) is 0 Å². The molecule has 1 aromatic carbocycles. The van der Waals surface area contributed by atoms with Crippen LogP contribution in [0, 0.1) is 0 Å². The molecule has 0 unspecified atom stereocenters. The molecule has 1 fully saturated rings. The molecular formula is C16H19BrN2O. The molecule has 0 bridgehead atoms. The van der Waals surface area contributed by atoms with Gasteiger partial charge in [-0.1, -0.05) is 29.8 Å². The van der Waals surface area contributed by atoms with Gasteiger partial charge in [0.1, 0.15) is 5.82 Å². The van der Waals surface area contributed by atoms with Gasteiger partial charge in [0.2, 0.25) is 0 Å². The van der Waals surface area contributed by atoms with Gasteiger partial charge in [-0.25, -0.2) is 4.98 Å². The molecular weight excluding hydrogens is 316 g/mol. The Labute approximate surface area is 128 Å². The van der Waals surface area contributed by atoms with Crippen molar-refractivity contribution in [3.63, 3.8) is 0 Å². The first-order chi connectivity index (χ1) is 9.65. The molecule has 2 heterocycles. The third kappa shape index (κ3) is 2.67. The number of rotatable bonds is 2. The average molecular weight is 335 g/mol. The Morgan fingerprint density at radius 2 is 1.95 bits per heavy atom. The first-order valence-corrected chi connectivity index (χ1v) is 7.87. The Hall–Kier alpha value is -1.13. The molecule has 0 N–H and O–H groups in total. The van der Waals surface area contributed by atoms with Crippen LogP contribution in [0.15, 0.2) is 28.7 Å². The van der Waals surface area contributed by atoms with E-state index in [1.54, 1.807) is 0 Å². The quantitative estimate of drug-likeness (QED) is 0.831. The van der Waals surface area contributed by atoms with Crippen LogP contribution in [0.5, 0.6) is 0 Å². The molecule has 0 spiro atoms. The summed E-state index contributed by atoms with van der Waals surface area (Å²) in [5, 5.41) is 1.25. The smallest absolute Gasteiger partial charge is 0.129 e. The van der Waals surface area contributed by atoms with Crippen molar-refractivity contribution in [3.05, 3.63) is 34.3 Å². The average Bonchev–Trinajstić information content (AvgIpc) is 2.46. The van der Waals surface area contributed by atoms with Crippen LogP contribution in [0.1, 0.15) is 25.3 Å². The topological polar surface area (TPSA) is 25.4 Å². The number of morpholine rings is 1. The predicted molar refractivity (Wildman–Crippen MR) is 86.6 cm³/mol. The molecule has 0 aliphatic carbocycles. The van der Waals surface area contributed by atoms with Crippen molar-refractivity contribution < 1.29 is 4.74 Å². The van der Waals surface area contributed by atoms with Crippen LogP contribution >= 0.6 is 15.9 Å². The first-order valence-electron chi connectivity index (χ1n) is 7.08. The maximum Gasteiger partial charge on any atom is 0.129 e. The zero-order valence-corrected chi connectivity index (χ0v) is 13.5. The lowest BCUT2D eigenvalue weighted by molar-refractivity contribution is 0.122. The standard InChI is InChI=1S/C16H19BrN2O/c1-11(2)14-9-12(17)10-15-13(14)3-4-16(18-15)19-5-7-20-8-6-19/h3-4,9-11H,5-8H2,1-2H3. The molecule has 106 valence electrons. The molecule has 20 heavy (non-hydrogen) atoms. The van der Waals surface area contributed by atoms with Gasteiger partial charge >= 0.3 is 0 Å². The van der Waals surface area contributed by atoms with Crippen LogP contribution in [0.4, 0.5) is 5.82 Å². The van der Waals surface area contributed by atoms with Gasteiger partial charge in [-0.2, -0.15) is 0 Å². The van der Waals surface area contributed by atoms with E-state index < -0.39 is 0 Å². The van der Waals surface area contributed by atoms with Gasteiger partial charge < -0.3 is 9.64 Å². The Balaban J connectivity index is 2.06. The highest BCUT2D eigenvalue weighted by atomic mass is 79.9. The molecule has 1 aliphatic rings. The molecule has 1 aliphatic heterocycles. The number of pyridine rings is 1. The van der Waals surface area contributed by atoms with Crippen LogP contribution in [0.3, 0.4) is 0 Å². The minimum absolute atomic E-state index is 0.492. The first kappa shape index (κ1) is 13.8. The van der Waals surface area contributed by atoms with E-state index in [-0.39, 0.29) is 0 Å². The normalized spacial score (nSPS) is 16.1. The Bertz CT molecular complexity index is 621. The SMILES string of the molecule is CC(C)c1cc(Br)cc2nc(N3CCOCC3)ccc12. The highest BCUT2D eigenvalue weighted by Gasteiger charge is 2.14. The monoisotopic (exact) mass is 334 g/mol. The van der Waals surface area contributed by atoms with E-state index in [0.29, 0.717) is 5.92 Å². The van der Waals surface area contributed by atoms with Crippen molar-refractivity contribution >= 4 is 32.7 Å². The van der Waals surface area contributed by atoms with Crippen LogP contribution in [-0.2, 0) is 4.74 Å². The number of aromatic nitrogens is 1. The fraction of sp³-hybridized carbons (Fsp3) is 0.438. The highest BCUT2D eigenvalue weighted by Crippen LogP contribution is 2.30.